The Kier molecular flexibility index (Phi) is 13.8. The first kappa shape index (κ1) is 54.0. The van der Waals surface area contributed by atoms with Crippen molar-refractivity contribution in [2.45, 2.75) is 313 Å². The van der Waals surface area contributed by atoms with Crippen LogP contribution < -0.4 is 0 Å². The van der Waals surface area contributed by atoms with Crippen molar-refractivity contribution in [3.05, 3.63) is 24.3 Å². The molecule has 440 valence electrons. The van der Waals surface area contributed by atoms with Crippen LogP contribution in [0.3, 0.4) is 0 Å². The number of rotatable bonds is 4. The lowest BCUT2D eigenvalue weighted by Crippen LogP contribution is -2.62. The molecule has 16 rings (SSSR count). The summed E-state index contributed by atoms with van der Waals surface area (Å²) in [7, 11) is 0. The summed E-state index contributed by atoms with van der Waals surface area (Å²) in [5, 5.41) is 30.4. The maximum atomic E-state index is 14.6. The number of esters is 1. The lowest BCUT2D eigenvalue weighted by Gasteiger charge is -2.51. The van der Waals surface area contributed by atoms with Crippen molar-refractivity contribution in [2.24, 2.45) is 29.6 Å². The Labute approximate surface area is 464 Å². The first-order valence-corrected chi connectivity index (χ1v) is 31.1. The van der Waals surface area contributed by atoms with Gasteiger partial charge in [-0.15, -0.1) is 0 Å². The molecule has 0 radical (unpaired) electrons. The van der Waals surface area contributed by atoms with Crippen molar-refractivity contribution in [3.8, 4) is 0 Å². The first-order chi connectivity index (χ1) is 38.0. The fraction of sp³-hybridized carbons (Fsp3) is 0.918. The van der Waals surface area contributed by atoms with Crippen LogP contribution in [0, 0.1) is 29.6 Å². The smallest absolute Gasteiger partial charge is 0.308 e. The second kappa shape index (κ2) is 20.2. The van der Waals surface area contributed by atoms with E-state index in [0.29, 0.717) is 44.9 Å². The predicted molar refractivity (Wildman–Crippen MR) is 277 cm³/mol. The molecular weight excluding hydrogens is 1020 g/mol. The van der Waals surface area contributed by atoms with Gasteiger partial charge in [0.1, 0.15) is 36.6 Å². The van der Waals surface area contributed by atoms with Crippen molar-refractivity contribution >= 4 is 5.97 Å². The molecule has 0 aromatic heterocycles. The van der Waals surface area contributed by atoms with Crippen molar-refractivity contribution in [2.75, 3.05) is 6.61 Å². The quantitative estimate of drug-likeness (QED) is 0.232. The summed E-state index contributed by atoms with van der Waals surface area (Å²) >= 11 is 0. The van der Waals surface area contributed by atoms with Gasteiger partial charge in [0.2, 0.25) is 0 Å². The topological polar surface area (TPSA) is 207 Å². The van der Waals surface area contributed by atoms with Crippen molar-refractivity contribution in [1.82, 2.24) is 0 Å². The second-order valence-corrected chi connectivity index (χ2v) is 28.1. The van der Waals surface area contributed by atoms with Crippen molar-refractivity contribution in [1.29, 1.82) is 0 Å². The number of aliphatic hydroxyl groups excluding tert-OH is 3. The number of hydrogen-bond acceptors (Lipinski definition) is 18. The first-order valence-electron chi connectivity index (χ1n) is 31.1. The Morgan fingerprint density at radius 3 is 2.10 bits per heavy atom. The number of fused-ring (bicyclic) bond motifs is 10. The summed E-state index contributed by atoms with van der Waals surface area (Å²) in [5.41, 5.74) is 1.82. The lowest BCUT2D eigenvalue weighted by molar-refractivity contribution is -0.293. The minimum absolute atomic E-state index is 0.00901. The molecule has 0 aromatic rings. The molecule has 15 aliphatic heterocycles. The number of carbonyl (C=O) groups is 1. The molecule has 0 amide bonds. The molecule has 16 aliphatic rings. The molecular formula is C61H88O18. The number of aliphatic hydroxyl groups is 3. The maximum Gasteiger partial charge on any atom is 0.308 e. The second-order valence-electron chi connectivity index (χ2n) is 28.1. The van der Waals surface area contributed by atoms with Crippen LogP contribution in [-0.4, -0.2) is 192 Å². The summed E-state index contributed by atoms with van der Waals surface area (Å²) in [4.78, 5) is 14.6. The van der Waals surface area contributed by atoms with Gasteiger partial charge >= 0.3 is 5.97 Å². The van der Waals surface area contributed by atoms with Gasteiger partial charge in [0, 0.05) is 57.3 Å². The van der Waals surface area contributed by atoms with Crippen LogP contribution in [0.15, 0.2) is 24.3 Å². The SMILES string of the molecule is C=C1C2C[C@@H]3O[C@H]4C[C@H]5O[C@@]6(C[C@@H]7C[C@@]8(C[C@H](C)[C@@H]7O6)C[C@H](C)[C@@H]6O[C@H]([C@H](O)C[C@H](O)CO)C[C@@H]6O8)C[C@H]5O[C@H]4[C@H](C)[C@H]3OC(=O)C[C@H]3CC[C@@H]4O[C@@H]5[C@H]6O[C@H]7C[C@](CC[C@H]8CC(=C)[C@H](CC[C@@H](C[C@H]1C)O2)O8)(O[C@H]6[C@H]4O3)O[C@H]57. The Bertz CT molecular complexity index is 2340. The third kappa shape index (κ3) is 9.44. The van der Waals surface area contributed by atoms with E-state index in [1.54, 1.807) is 0 Å². The van der Waals surface area contributed by atoms with Crippen LogP contribution in [0.5, 0.6) is 0 Å². The largest absolute Gasteiger partial charge is 0.459 e. The number of ether oxygens (including phenoxy) is 14. The fourth-order valence-corrected chi connectivity index (χ4v) is 19.0. The molecule has 18 heteroatoms. The van der Waals surface area contributed by atoms with E-state index >= 15 is 0 Å². The van der Waals surface area contributed by atoms with E-state index in [-0.39, 0.29) is 158 Å². The van der Waals surface area contributed by atoms with Crippen LogP contribution in [0.4, 0.5) is 0 Å². The highest BCUT2D eigenvalue weighted by atomic mass is 16.8. The normalized spacial score (nSPS) is 57.2. The highest BCUT2D eigenvalue weighted by molar-refractivity contribution is 5.70. The van der Waals surface area contributed by atoms with Gasteiger partial charge in [0.15, 0.2) is 11.6 Å². The molecule has 18 nitrogen and oxygen atoms in total. The third-order valence-corrected chi connectivity index (χ3v) is 22.5. The molecule has 1 saturated carbocycles. The van der Waals surface area contributed by atoms with Crippen LogP contribution in [-0.2, 0) is 71.1 Å². The molecule has 15 saturated heterocycles. The van der Waals surface area contributed by atoms with Crippen LogP contribution >= 0.6 is 0 Å². The zero-order valence-corrected chi connectivity index (χ0v) is 46.8. The van der Waals surface area contributed by atoms with E-state index in [9.17, 15) is 20.1 Å². The van der Waals surface area contributed by atoms with E-state index in [1.807, 2.05) is 0 Å². The average molecular weight is 1110 g/mol. The summed E-state index contributed by atoms with van der Waals surface area (Å²) in [6.07, 6.45) is 5.15. The highest BCUT2D eigenvalue weighted by Crippen LogP contribution is 2.60. The Hall–Kier alpha value is -1.69. The van der Waals surface area contributed by atoms with Gasteiger partial charge in [-0.3, -0.25) is 4.79 Å². The highest BCUT2D eigenvalue weighted by Gasteiger charge is 2.70. The molecule has 3 N–H and O–H groups in total. The molecule has 32 atom stereocenters. The summed E-state index contributed by atoms with van der Waals surface area (Å²) in [5.74, 6) is -1.27. The summed E-state index contributed by atoms with van der Waals surface area (Å²) in [6.45, 7) is 17.6. The van der Waals surface area contributed by atoms with E-state index in [1.165, 1.54) is 0 Å². The predicted octanol–water partition coefficient (Wildman–Crippen LogP) is 5.59. The van der Waals surface area contributed by atoms with E-state index in [0.717, 1.165) is 75.4 Å². The molecule has 15 heterocycles. The van der Waals surface area contributed by atoms with Crippen LogP contribution in [0.2, 0.25) is 0 Å². The van der Waals surface area contributed by atoms with Gasteiger partial charge < -0.3 is 81.6 Å². The molecule has 1 aliphatic carbocycles. The van der Waals surface area contributed by atoms with E-state index in [4.69, 9.17) is 66.3 Å². The monoisotopic (exact) mass is 1110 g/mol. The standard InChI is InChI=1S/C61H88O18/c1-27-13-35-7-9-39-28(2)14-37(66-39)11-12-60-25-48-55(78-60)56-57(73-48)58(79-60)54-40(70-56)10-8-36(68-54)16-49(65)74-53-32(6)52-45(69-44(53)17-41(67-35)31(27)5)19-43-47(72-52)24-61(76-43)23-33-22-59(20-29(3)50(33)77-61)21-30(4)51-46(75-59)18-42(71-51)38(64)15-34(63)26-62/h27,29-30,32-48,50-58,62-64H,2,5,7-26H2,1,3-4,6H3/t27-,29+,30+,32+,33+,34+,35+,36-,37+,38-,39+,40+,41?,42+,43-,44+,45+,46+,47-,48+,50+,51+,52+,53-,54+,55+,56+,57-,58+,59-,60+,61-/m1/s1. The number of carbonyl (C=O) groups excluding carboxylic acids is 1. The van der Waals surface area contributed by atoms with E-state index in [2.05, 4.69) is 40.9 Å². The van der Waals surface area contributed by atoms with Gasteiger partial charge in [-0.25, -0.2) is 0 Å². The van der Waals surface area contributed by atoms with Gasteiger partial charge in [0.25, 0.3) is 0 Å². The van der Waals surface area contributed by atoms with Crippen LogP contribution in [0.1, 0.15) is 150 Å². The van der Waals surface area contributed by atoms with Gasteiger partial charge in [-0.2, -0.15) is 0 Å². The fourth-order valence-electron chi connectivity index (χ4n) is 19.0. The minimum Gasteiger partial charge on any atom is -0.459 e. The third-order valence-electron chi connectivity index (χ3n) is 22.5. The summed E-state index contributed by atoms with van der Waals surface area (Å²) < 4.78 is 97.1. The Morgan fingerprint density at radius 2 is 1.25 bits per heavy atom. The maximum absolute atomic E-state index is 14.6. The Balaban J connectivity index is 0.655. The van der Waals surface area contributed by atoms with Crippen molar-refractivity contribution in [3.63, 3.8) is 0 Å². The molecule has 0 aromatic carbocycles. The molecule has 12 bridgehead atoms. The molecule has 1 unspecified atom stereocenters. The van der Waals surface area contributed by atoms with Crippen molar-refractivity contribution < 1.29 is 86.4 Å². The number of hydrogen-bond donors (Lipinski definition) is 3. The zero-order chi connectivity index (χ0) is 54.0. The molecule has 16 fully saturated rings. The average Bonchev–Trinajstić information content (AvgIpc) is 4.45. The lowest BCUT2D eigenvalue weighted by atomic mass is 9.66. The van der Waals surface area contributed by atoms with Gasteiger partial charge in [-0.1, -0.05) is 40.9 Å². The molecule has 79 heavy (non-hydrogen) atoms. The van der Waals surface area contributed by atoms with E-state index < -0.39 is 60.9 Å². The Morgan fingerprint density at radius 1 is 0.532 bits per heavy atom. The van der Waals surface area contributed by atoms with Gasteiger partial charge in [0.05, 0.1) is 129 Å². The minimum atomic E-state index is -0.991. The summed E-state index contributed by atoms with van der Waals surface area (Å²) in [6, 6.07) is 0. The zero-order valence-electron chi connectivity index (χ0n) is 46.8. The van der Waals surface area contributed by atoms with Crippen LogP contribution in [0.25, 0.3) is 0 Å². The van der Waals surface area contributed by atoms with Gasteiger partial charge in [-0.05, 0) is 99.0 Å². The molecule has 3 spiro atoms.